The first-order valence-corrected chi connectivity index (χ1v) is 8.11. The first kappa shape index (κ1) is 13.7. The zero-order chi connectivity index (χ0) is 13.9. The Kier molecular flexibility index (Phi) is 4.10. The quantitative estimate of drug-likeness (QED) is 0.638. The molecule has 0 saturated heterocycles. The molecule has 3 rings (SSSR count). The van der Waals surface area contributed by atoms with Gasteiger partial charge in [-0.15, -0.1) is 0 Å². The first-order valence-electron chi connectivity index (χ1n) is 8.11. The fourth-order valence-electron chi connectivity index (χ4n) is 3.82. The van der Waals surface area contributed by atoms with Crippen LogP contribution in [0.2, 0.25) is 0 Å². The van der Waals surface area contributed by atoms with E-state index in [4.69, 9.17) is 0 Å². The molecule has 0 aromatic heterocycles. The minimum atomic E-state index is 0.652. The number of fused-ring (bicyclic) bond motifs is 1. The Labute approximate surface area is 123 Å². The van der Waals surface area contributed by atoms with Crippen molar-refractivity contribution in [1.29, 1.82) is 0 Å². The minimum absolute atomic E-state index is 0.652. The van der Waals surface area contributed by atoms with Crippen LogP contribution in [0.1, 0.15) is 51.5 Å². The van der Waals surface area contributed by atoms with Gasteiger partial charge in [-0.2, -0.15) is 0 Å². The van der Waals surface area contributed by atoms with Gasteiger partial charge in [0.05, 0.1) is 0 Å². The lowest BCUT2D eigenvalue weighted by Crippen LogP contribution is -2.21. The molecule has 1 aliphatic rings. The zero-order valence-electron chi connectivity index (χ0n) is 12.7. The summed E-state index contributed by atoms with van der Waals surface area (Å²) in [5.74, 6) is 3.15. The third-order valence-corrected chi connectivity index (χ3v) is 4.75. The maximum absolute atomic E-state index is 2.40. The van der Waals surface area contributed by atoms with Crippen molar-refractivity contribution in [3.8, 4) is 0 Å². The molecule has 0 bridgehead atoms. The predicted molar refractivity (Wildman–Crippen MR) is 87.7 cm³/mol. The van der Waals surface area contributed by atoms with E-state index in [1.165, 1.54) is 48.4 Å². The van der Waals surface area contributed by atoms with Crippen LogP contribution in [-0.4, -0.2) is 0 Å². The Bertz CT molecular complexity index is 561. The number of hydrogen-bond donors (Lipinski definition) is 0. The van der Waals surface area contributed by atoms with Gasteiger partial charge in [0, 0.05) is 5.92 Å². The molecule has 0 heterocycles. The smallest absolute Gasteiger partial charge is 0.0106 e. The van der Waals surface area contributed by atoms with Crippen molar-refractivity contribution < 1.29 is 0 Å². The molecule has 0 amide bonds. The van der Waals surface area contributed by atoms with Gasteiger partial charge in [0.15, 0.2) is 0 Å². The Hall–Kier alpha value is -1.30. The largest absolute Gasteiger partial charge is 0.0619 e. The molecule has 0 N–H and O–H groups in total. The summed E-state index contributed by atoms with van der Waals surface area (Å²) < 4.78 is 0. The van der Waals surface area contributed by atoms with Gasteiger partial charge in [0.2, 0.25) is 0 Å². The van der Waals surface area contributed by atoms with Crippen LogP contribution in [0, 0.1) is 17.8 Å². The standard InChI is InChI=1S/C20H25/c1-15(2)20(17-9-4-3-5-10-17)19-13-12-16-8-6-7-11-18(16)14-19/h6-8,11-15,17H,3-5,9-10H2,1-2H3. The average Bonchev–Trinajstić information content (AvgIpc) is 2.48. The van der Waals surface area contributed by atoms with Crippen LogP contribution in [-0.2, 0) is 0 Å². The molecule has 1 fully saturated rings. The monoisotopic (exact) mass is 265 g/mol. The van der Waals surface area contributed by atoms with Crippen molar-refractivity contribution in [3.63, 3.8) is 0 Å². The number of rotatable bonds is 3. The Morgan fingerprint density at radius 1 is 0.900 bits per heavy atom. The van der Waals surface area contributed by atoms with Crippen molar-refractivity contribution in [2.45, 2.75) is 46.0 Å². The van der Waals surface area contributed by atoms with Crippen molar-refractivity contribution in [1.82, 2.24) is 0 Å². The van der Waals surface area contributed by atoms with Crippen LogP contribution in [0.4, 0.5) is 0 Å². The van der Waals surface area contributed by atoms with Crippen LogP contribution in [0.5, 0.6) is 0 Å². The molecule has 1 aliphatic carbocycles. The molecule has 2 aromatic carbocycles. The van der Waals surface area contributed by atoms with Gasteiger partial charge in [-0.05, 0) is 41.0 Å². The van der Waals surface area contributed by atoms with Crippen molar-refractivity contribution in [3.05, 3.63) is 53.9 Å². The third kappa shape index (κ3) is 2.75. The van der Waals surface area contributed by atoms with E-state index in [0.29, 0.717) is 5.92 Å². The first-order chi connectivity index (χ1) is 9.75. The molecule has 0 spiro atoms. The highest BCUT2D eigenvalue weighted by atomic mass is 14.3. The lowest BCUT2D eigenvalue weighted by atomic mass is 9.72. The van der Waals surface area contributed by atoms with Crippen molar-refractivity contribution in [2.75, 3.05) is 0 Å². The van der Waals surface area contributed by atoms with Gasteiger partial charge in [-0.1, -0.05) is 75.6 Å². The minimum Gasteiger partial charge on any atom is -0.0619 e. The molecule has 0 unspecified atom stereocenters. The van der Waals surface area contributed by atoms with Crippen LogP contribution >= 0.6 is 0 Å². The molecule has 1 saturated carbocycles. The molecule has 20 heavy (non-hydrogen) atoms. The topological polar surface area (TPSA) is 0 Å². The van der Waals surface area contributed by atoms with E-state index in [9.17, 15) is 0 Å². The summed E-state index contributed by atoms with van der Waals surface area (Å²) >= 11 is 0. The van der Waals surface area contributed by atoms with E-state index in [1.54, 1.807) is 5.92 Å². The summed E-state index contributed by atoms with van der Waals surface area (Å²) in [6.07, 6.45) is 7.03. The summed E-state index contributed by atoms with van der Waals surface area (Å²) in [7, 11) is 0. The Balaban J connectivity index is 1.95. The van der Waals surface area contributed by atoms with E-state index in [1.807, 2.05) is 0 Å². The fourth-order valence-corrected chi connectivity index (χ4v) is 3.82. The molecular formula is C20H25. The van der Waals surface area contributed by atoms with Crippen molar-refractivity contribution in [2.24, 2.45) is 11.8 Å². The van der Waals surface area contributed by atoms with E-state index < -0.39 is 0 Å². The number of benzene rings is 2. The summed E-state index contributed by atoms with van der Waals surface area (Å²) in [5, 5.41) is 2.72. The maximum atomic E-state index is 2.40. The molecule has 0 aliphatic heterocycles. The lowest BCUT2D eigenvalue weighted by molar-refractivity contribution is 0.347. The molecule has 2 aromatic rings. The van der Waals surface area contributed by atoms with Crippen LogP contribution in [0.25, 0.3) is 10.8 Å². The Morgan fingerprint density at radius 2 is 1.60 bits per heavy atom. The second kappa shape index (κ2) is 5.99. The normalized spacial score (nSPS) is 17.2. The number of hydrogen-bond acceptors (Lipinski definition) is 0. The van der Waals surface area contributed by atoms with Gasteiger partial charge in [0.1, 0.15) is 0 Å². The highest BCUT2D eigenvalue weighted by Crippen LogP contribution is 2.40. The Morgan fingerprint density at radius 3 is 2.30 bits per heavy atom. The van der Waals surface area contributed by atoms with Crippen molar-refractivity contribution >= 4 is 10.8 Å². The SMILES string of the molecule is CC(C)[C](c1ccc2ccccc2c1)C1CCCCC1. The average molecular weight is 265 g/mol. The molecular weight excluding hydrogens is 240 g/mol. The van der Waals surface area contributed by atoms with Gasteiger partial charge in [-0.25, -0.2) is 0 Å². The third-order valence-electron chi connectivity index (χ3n) is 4.75. The summed E-state index contributed by atoms with van der Waals surface area (Å²) in [6.45, 7) is 4.72. The van der Waals surface area contributed by atoms with Gasteiger partial charge in [0.25, 0.3) is 0 Å². The fraction of sp³-hybridized carbons (Fsp3) is 0.450. The lowest BCUT2D eigenvalue weighted by Gasteiger charge is -2.33. The van der Waals surface area contributed by atoms with Gasteiger partial charge < -0.3 is 0 Å². The summed E-state index contributed by atoms with van der Waals surface area (Å²) in [6, 6.07) is 15.7. The highest BCUT2D eigenvalue weighted by molar-refractivity contribution is 5.83. The van der Waals surface area contributed by atoms with E-state index >= 15 is 0 Å². The van der Waals surface area contributed by atoms with Crippen LogP contribution < -0.4 is 0 Å². The second-order valence-electron chi connectivity index (χ2n) is 6.51. The van der Waals surface area contributed by atoms with Crippen LogP contribution in [0.15, 0.2) is 42.5 Å². The zero-order valence-corrected chi connectivity index (χ0v) is 12.7. The maximum Gasteiger partial charge on any atom is 0.0106 e. The van der Waals surface area contributed by atoms with Crippen LogP contribution in [0.3, 0.4) is 0 Å². The molecule has 0 atom stereocenters. The van der Waals surface area contributed by atoms with Gasteiger partial charge in [-0.3, -0.25) is 0 Å². The van der Waals surface area contributed by atoms with Gasteiger partial charge >= 0.3 is 0 Å². The molecule has 105 valence electrons. The van der Waals surface area contributed by atoms with E-state index in [0.717, 1.165) is 5.92 Å². The highest BCUT2D eigenvalue weighted by Gasteiger charge is 2.28. The van der Waals surface area contributed by atoms with E-state index in [2.05, 4.69) is 56.3 Å². The summed E-state index contributed by atoms with van der Waals surface area (Å²) in [5.41, 5.74) is 1.48. The van der Waals surface area contributed by atoms with E-state index in [-0.39, 0.29) is 0 Å². The molecule has 1 radical (unpaired) electrons. The molecule has 0 heteroatoms. The second-order valence-corrected chi connectivity index (χ2v) is 6.51. The summed E-state index contributed by atoms with van der Waals surface area (Å²) in [4.78, 5) is 0. The molecule has 0 nitrogen and oxygen atoms in total. The predicted octanol–water partition coefficient (Wildman–Crippen LogP) is 6.00.